The number of aliphatic hydroxyl groups is 1. The Morgan fingerprint density at radius 3 is 2.18 bits per heavy atom. The molecule has 0 aliphatic rings. The van der Waals surface area contributed by atoms with Gasteiger partial charge in [-0.15, -0.1) is 0 Å². The van der Waals surface area contributed by atoms with Gasteiger partial charge < -0.3 is 15.6 Å². The third kappa shape index (κ3) is 3.95. The molecule has 0 aliphatic heterocycles. The Labute approximate surface area is 66.3 Å². The summed E-state index contributed by atoms with van der Waals surface area (Å²) in [6.07, 6.45) is -1.15. The highest BCUT2D eigenvalue weighted by atomic mass is 16.6. The molecule has 0 fully saturated rings. The van der Waals surface area contributed by atoms with Gasteiger partial charge >= 0.3 is 5.97 Å². The second-order valence-corrected chi connectivity index (χ2v) is 2.67. The van der Waals surface area contributed by atoms with Crippen molar-refractivity contribution < 1.29 is 14.6 Å². The largest absolute Gasteiger partial charge is 0.459 e. The van der Waals surface area contributed by atoms with Crippen LogP contribution in [0.3, 0.4) is 0 Å². The van der Waals surface area contributed by atoms with E-state index in [1.165, 1.54) is 6.92 Å². The Kier molecular flexibility index (Phi) is 4.07. The van der Waals surface area contributed by atoms with Crippen LogP contribution in [0.15, 0.2) is 0 Å². The first-order valence-corrected chi connectivity index (χ1v) is 3.59. The molecule has 3 atom stereocenters. The van der Waals surface area contributed by atoms with Crippen LogP contribution in [0.4, 0.5) is 0 Å². The van der Waals surface area contributed by atoms with E-state index in [0.29, 0.717) is 0 Å². The van der Waals surface area contributed by atoms with Crippen LogP contribution in [-0.2, 0) is 9.53 Å². The Balaban J connectivity index is 3.76. The Morgan fingerprint density at radius 2 is 1.91 bits per heavy atom. The van der Waals surface area contributed by atoms with Crippen LogP contribution in [0.25, 0.3) is 0 Å². The van der Waals surface area contributed by atoms with Crippen LogP contribution >= 0.6 is 0 Å². The maximum atomic E-state index is 10.8. The number of nitrogens with two attached hydrogens (primary N) is 1. The van der Waals surface area contributed by atoms with E-state index >= 15 is 0 Å². The molecule has 0 bridgehead atoms. The maximum Gasteiger partial charge on any atom is 0.322 e. The summed E-state index contributed by atoms with van der Waals surface area (Å²) >= 11 is 0. The second-order valence-electron chi connectivity index (χ2n) is 2.67. The zero-order valence-electron chi connectivity index (χ0n) is 7.07. The van der Waals surface area contributed by atoms with Crippen LogP contribution < -0.4 is 5.73 Å². The normalized spacial score (nSPS) is 18.6. The molecule has 0 rings (SSSR count). The van der Waals surface area contributed by atoms with Gasteiger partial charge in [0.2, 0.25) is 0 Å². The molecule has 3 N–H and O–H groups in total. The molecular formula is C7H15NO3. The molecule has 4 heteroatoms. The van der Waals surface area contributed by atoms with Crippen molar-refractivity contribution in [2.45, 2.75) is 39.0 Å². The van der Waals surface area contributed by atoms with Gasteiger partial charge in [0, 0.05) is 0 Å². The lowest BCUT2D eigenvalue weighted by atomic mass is 10.2. The molecule has 0 aromatic rings. The van der Waals surface area contributed by atoms with E-state index in [1.807, 2.05) is 0 Å². The Morgan fingerprint density at radius 1 is 1.45 bits per heavy atom. The topological polar surface area (TPSA) is 72.6 Å². The Bertz CT molecular complexity index is 134. The SMILES string of the molecule is CC(N)C(=O)OC(C)C(C)O. The zero-order valence-corrected chi connectivity index (χ0v) is 7.07. The van der Waals surface area contributed by atoms with Gasteiger partial charge in [-0.1, -0.05) is 0 Å². The summed E-state index contributed by atoms with van der Waals surface area (Å²) in [5.74, 6) is -0.488. The van der Waals surface area contributed by atoms with Gasteiger partial charge in [0.25, 0.3) is 0 Å². The summed E-state index contributed by atoms with van der Waals surface area (Å²) in [7, 11) is 0. The summed E-state index contributed by atoms with van der Waals surface area (Å²) in [5, 5.41) is 8.93. The van der Waals surface area contributed by atoms with E-state index in [0.717, 1.165) is 0 Å². The summed E-state index contributed by atoms with van der Waals surface area (Å²) in [4.78, 5) is 10.8. The van der Waals surface area contributed by atoms with E-state index in [9.17, 15) is 4.79 Å². The fourth-order valence-electron chi connectivity index (χ4n) is 0.389. The third-order valence-electron chi connectivity index (χ3n) is 1.35. The number of hydrogen-bond acceptors (Lipinski definition) is 4. The highest BCUT2D eigenvalue weighted by Gasteiger charge is 2.16. The first-order valence-electron chi connectivity index (χ1n) is 3.59. The molecule has 66 valence electrons. The average molecular weight is 161 g/mol. The first kappa shape index (κ1) is 10.4. The van der Waals surface area contributed by atoms with E-state index in [4.69, 9.17) is 15.6 Å². The molecule has 0 amide bonds. The van der Waals surface area contributed by atoms with Gasteiger partial charge in [-0.3, -0.25) is 4.79 Å². The predicted molar refractivity (Wildman–Crippen MR) is 40.9 cm³/mol. The Hall–Kier alpha value is -0.610. The summed E-state index contributed by atoms with van der Waals surface area (Å²) in [6.45, 7) is 4.71. The minimum absolute atomic E-state index is 0.488. The van der Waals surface area contributed by atoms with E-state index < -0.39 is 24.2 Å². The fraction of sp³-hybridized carbons (Fsp3) is 0.857. The van der Waals surface area contributed by atoms with Crippen LogP contribution in [0.2, 0.25) is 0 Å². The highest BCUT2D eigenvalue weighted by molar-refractivity contribution is 5.75. The lowest BCUT2D eigenvalue weighted by Gasteiger charge is -2.16. The number of aliphatic hydroxyl groups excluding tert-OH is 1. The van der Waals surface area contributed by atoms with E-state index in [-0.39, 0.29) is 0 Å². The number of carbonyl (C=O) groups excluding carboxylic acids is 1. The van der Waals surface area contributed by atoms with Gasteiger partial charge in [-0.25, -0.2) is 0 Å². The molecule has 0 saturated carbocycles. The van der Waals surface area contributed by atoms with Crippen LogP contribution in [0.1, 0.15) is 20.8 Å². The van der Waals surface area contributed by atoms with Gasteiger partial charge in [0.1, 0.15) is 12.1 Å². The fourth-order valence-corrected chi connectivity index (χ4v) is 0.389. The van der Waals surface area contributed by atoms with Crippen molar-refractivity contribution in [3.05, 3.63) is 0 Å². The molecule has 0 aromatic heterocycles. The van der Waals surface area contributed by atoms with Gasteiger partial charge in [-0.05, 0) is 20.8 Å². The molecule has 0 heterocycles. The highest BCUT2D eigenvalue weighted by Crippen LogP contribution is 1.98. The van der Waals surface area contributed by atoms with Gasteiger partial charge in [0.05, 0.1) is 6.10 Å². The van der Waals surface area contributed by atoms with E-state index in [2.05, 4.69) is 0 Å². The summed E-state index contributed by atoms with van der Waals surface area (Å²) in [6, 6.07) is -0.629. The van der Waals surface area contributed by atoms with Gasteiger partial charge in [0.15, 0.2) is 0 Å². The smallest absolute Gasteiger partial charge is 0.322 e. The zero-order chi connectivity index (χ0) is 9.02. The minimum atomic E-state index is -0.655. The molecule has 0 spiro atoms. The monoisotopic (exact) mass is 161 g/mol. The van der Waals surface area contributed by atoms with Crippen molar-refractivity contribution >= 4 is 5.97 Å². The van der Waals surface area contributed by atoms with Crippen LogP contribution in [-0.4, -0.2) is 29.3 Å². The lowest BCUT2D eigenvalue weighted by Crippen LogP contribution is -2.34. The maximum absolute atomic E-state index is 10.8. The predicted octanol–water partition coefficient (Wildman–Crippen LogP) is -0.354. The van der Waals surface area contributed by atoms with Gasteiger partial charge in [-0.2, -0.15) is 0 Å². The number of ether oxygens (including phenoxy) is 1. The lowest BCUT2D eigenvalue weighted by molar-refractivity contribution is -0.154. The van der Waals surface area contributed by atoms with Crippen molar-refractivity contribution in [2.24, 2.45) is 5.73 Å². The molecule has 0 aromatic carbocycles. The van der Waals surface area contributed by atoms with Crippen LogP contribution in [0, 0.1) is 0 Å². The third-order valence-corrected chi connectivity index (χ3v) is 1.35. The molecule has 4 nitrogen and oxygen atoms in total. The molecule has 0 saturated heterocycles. The minimum Gasteiger partial charge on any atom is -0.459 e. The van der Waals surface area contributed by atoms with Crippen molar-refractivity contribution in [2.75, 3.05) is 0 Å². The van der Waals surface area contributed by atoms with Crippen molar-refractivity contribution in [1.29, 1.82) is 0 Å². The summed E-state index contributed by atoms with van der Waals surface area (Å²) < 4.78 is 4.76. The number of esters is 1. The van der Waals surface area contributed by atoms with Crippen molar-refractivity contribution in [3.63, 3.8) is 0 Å². The molecule has 3 unspecified atom stereocenters. The quantitative estimate of drug-likeness (QED) is 0.555. The first-order chi connectivity index (χ1) is 4.95. The summed E-state index contributed by atoms with van der Waals surface area (Å²) in [5.41, 5.74) is 5.23. The molecule has 11 heavy (non-hydrogen) atoms. The van der Waals surface area contributed by atoms with Crippen LogP contribution in [0.5, 0.6) is 0 Å². The second kappa shape index (κ2) is 4.31. The molecule has 0 aliphatic carbocycles. The standard InChI is InChI=1S/C7H15NO3/c1-4(8)7(10)11-6(3)5(2)9/h4-6,9H,8H2,1-3H3. The number of carbonyl (C=O) groups is 1. The van der Waals surface area contributed by atoms with Crippen molar-refractivity contribution in [3.8, 4) is 0 Å². The van der Waals surface area contributed by atoms with Crippen molar-refractivity contribution in [1.82, 2.24) is 0 Å². The van der Waals surface area contributed by atoms with E-state index in [1.54, 1.807) is 13.8 Å². The number of hydrogen-bond donors (Lipinski definition) is 2. The average Bonchev–Trinajstić information content (AvgIpc) is 1.87. The molecule has 0 radical (unpaired) electrons. The molecular weight excluding hydrogens is 146 g/mol. The number of rotatable bonds is 3.